The molecule has 0 unspecified atom stereocenters. The van der Waals surface area contributed by atoms with Crippen molar-refractivity contribution in [2.24, 2.45) is 0 Å². The third kappa shape index (κ3) is 5.02. The summed E-state index contributed by atoms with van der Waals surface area (Å²) >= 11 is 0. The highest BCUT2D eigenvalue weighted by Crippen LogP contribution is 2.31. The van der Waals surface area contributed by atoms with E-state index < -0.39 is 11.7 Å². The van der Waals surface area contributed by atoms with Crippen molar-refractivity contribution in [1.29, 1.82) is 0 Å². The van der Waals surface area contributed by atoms with Crippen LogP contribution in [0.4, 0.5) is 13.2 Å². The highest BCUT2D eigenvalue weighted by Gasteiger charge is 2.32. The fraction of sp³-hybridized carbons (Fsp3) is 0.190. The molecule has 0 aliphatic heterocycles. The summed E-state index contributed by atoms with van der Waals surface area (Å²) < 4.78 is 40.1. The maximum atomic E-state index is 12.9. The molecule has 29 heavy (non-hydrogen) atoms. The maximum absolute atomic E-state index is 12.9. The van der Waals surface area contributed by atoms with Crippen molar-refractivity contribution in [3.05, 3.63) is 76.3 Å². The molecule has 1 aromatic heterocycles. The number of rotatable bonds is 4. The number of aromatic nitrogens is 2. The molecule has 1 N–H and O–H groups in total. The number of para-hydroxylation sites is 1. The lowest BCUT2D eigenvalue weighted by atomic mass is 10.1. The molecule has 0 bridgehead atoms. The number of benzene rings is 2. The summed E-state index contributed by atoms with van der Waals surface area (Å²) in [7, 11) is 0. The van der Waals surface area contributed by atoms with Gasteiger partial charge in [0.1, 0.15) is 0 Å². The van der Waals surface area contributed by atoms with Crippen molar-refractivity contribution in [1.82, 2.24) is 14.9 Å². The lowest BCUT2D eigenvalue weighted by Crippen LogP contribution is -2.27. The van der Waals surface area contributed by atoms with Gasteiger partial charge in [-0.1, -0.05) is 36.1 Å². The van der Waals surface area contributed by atoms with Crippen LogP contribution >= 0.6 is 0 Å². The number of fused-ring (bicyclic) bond motifs is 1. The number of alkyl halides is 3. The Morgan fingerprint density at radius 2 is 1.83 bits per heavy atom. The van der Waals surface area contributed by atoms with E-state index in [2.05, 4.69) is 22.1 Å². The molecule has 0 fully saturated rings. The summed E-state index contributed by atoms with van der Waals surface area (Å²) in [5, 5.41) is 2.97. The second kappa shape index (κ2) is 8.61. The van der Waals surface area contributed by atoms with Crippen molar-refractivity contribution in [3.63, 3.8) is 0 Å². The second-order valence-corrected chi connectivity index (χ2v) is 6.13. The molecule has 0 atom stereocenters. The van der Waals surface area contributed by atoms with Gasteiger partial charge >= 0.3 is 6.18 Å². The van der Waals surface area contributed by atoms with Crippen molar-refractivity contribution in [2.45, 2.75) is 19.1 Å². The predicted octanol–water partition coefficient (Wildman–Crippen LogP) is 2.97. The summed E-state index contributed by atoms with van der Waals surface area (Å²) in [6.07, 6.45) is -3.10. The van der Waals surface area contributed by atoms with Gasteiger partial charge < -0.3 is 5.32 Å². The van der Waals surface area contributed by atoms with E-state index in [0.29, 0.717) is 10.9 Å². The first-order chi connectivity index (χ1) is 13.9. The van der Waals surface area contributed by atoms with Gasteiger partial charge in [0.15, 0.2) is 0 Å². The first-order valence-electron chi connectivity index (χ1n) is 8.72. The van der Waals surface area contributed by atoms with Gasteiger partial charge in [-0.2, -0.15) is 13.2 Å². The average Bonchev–Trinajstić information content (AvgIpc) is 2.70. The van der Waals surface area contributed by atoms with Crippen LogP contribution in [-0.2, 0) is 17.5 Å². The maximum Gasteiger partial charge on any atom is 0.417 e. The number of hydrogen-bond donors (Lipinski definition) is 1. The molecule has 0 saturated heterocycles. The fourth-order valence-corrected chi connectivity index (χ4v) is 2.70. The summed E-state index contributed by atoms with van der Waals surface area (Å²) in [6, 6.07) is 11.9. The van der Waals surface area contributed by atoms with Gasteiger partial charge in [0.25, 0.3) is 5.56 Å². The van der Waals surface area contributed by atoms with Gasteiger partial charge in [0.05, 0.1) is 29.3 Å². The van der Waals surface area contributed by atoms with E-state index in [1.807, 2.05) is 0 Å². The van der Waals surface area contributed by atoms with Gasteiger partial charge in [-0.25, -0.2) is 4.98 Å². The van der Waals surface area contributed by atoms with Gasteiger partial charge in [-0.15, -0.1) is 0 Å². The number of hydrogen-bond acceptors (Lipinski definition) is 3. The zero-order valence-corrected chi connectivity index (χ0v) is 15.2. The number of carbonyl (C=O) groups is 1. The smallest absolute Gasteiger partial charge is 0.345 e. The highest BCUT2D eigenvalue weighted by atomic mass is 19.4. The number of amides is 1. The summed E-state index contributed by atoms with van der Waals surface area (Å²) in [6.45, 7) is 0.0305. The van der Waals surface area contributed by atoms with Crippen molar-refractivity contribution in [2.75, 3.05) is 6.54 Å². The Bertz CT molecular complexity index is 1160. The SMILES string of the molecule is O=C(CCn1cnc2ccccc2c1=O)NCC#Cc1ccccc1C(F)(F)F. The molecule has 1 amide bonds. The van der Waals surface area contributed by atoms with Gasteiger partial charge in [-0.05, 0) is 24.3 Å². The van der Waals surface area contributed by atoms with Crippen LogP contribution < -0.4 is 10.9 Å². The van der Waals surface area contributed by atoms with Crippen LogP contribution in [0.1, 0.15) is 17.5 Å². The quantitative estimate of drug-likeness (QED) is 0.686. The zero-order valence-electron chi connectivity index (χ0n) is 15.2. The molecular weight excluding hydrogens is 383 g/mol. The highest BCUT2D eigenvalue weighted by molar-refractivity contribution is 5.77. The van der Waals surface area contributed by atoms with Crippen LogP contribution in [0.3, 0.4) is 0 Å². The predicted molar refractivity (Wildman–Crippen MR) is 102 cm³/mol. The molecule has 0 saturated carbocycles. The van der Waals surface area contributed by atoms with Crippen molar-refractivity contribution >= 4 is 16.8 Å². The molecule has 8 heteroatoms. The number of carbonyl (C=O) groups excluding carboxylic acids is 1. The Kier molecular flexibility index (Phi) is 5.98. The third-order valence-electron chi connectivity index (χ3n) is 4.14. The first kappa shape index (κ1) is 20.1. The normalized spacial score (nSPS) is 11.0. The molecular formula is C21H16F3N3O2. The Balaban J connectivity index is 1.57. The topological polar surface area (TPSA) is 64.0 Å². The average molecular weight is 399 g/mol. The molecule has 2 aromatic carbocycles. The summed E-state index contributed by atoms with van der Waals surface area (Å²) in [5.74, 6) is 4.57. The molecule has 0 aliphatic carbocycles. The van der Waals surface area contributed by atoms with Crippen LogP contribution in [0.2, 0.25) is 0 Å². The summed E-state index contributed by atoms with van der Waals surface area (Å²) in [5.41, 5.74) is -0.635. The van der Waals surface area contributed by atoms with E-state index in [1.165, 1.54) is 29.1 Å². The minimum Gasteiger partial charge on any atom is -0.345 e. The molecule has 0 aliphatic rings. The fourth-order valence-electron chi connectivity index (χ4n) is 2.70. The van der Waals surface area contributed by atoms with Crippen LogP contribution in [0, 0.1) is 11.8 Å². The number of nitrogens with zero attached hydrogens (tertiary/aromatic N) is 2. The molecule has 0 spiro atoms. The van der Waals surface area contributed by atoms with Crippen LogP contribution in [-0.4, -0.2) is 22.0 Å². The van der Waals surface area contributed by atoms with Crippen LogP contribution in [0.5, 0.6) is 0 Å². The molecule has 3 rings (SSSR count). The lowest BCUT2D eigenvalue weighted by molar-refractivity contribution is -0.137. The van der Waals surface area contributed by atoms with E-state index in [-0.39, 0.29) is 36.5 Å². The molecule has 3 aromatic rings. The number of nitrogens with one attached hydrogen (secondary N) is 1. The third-order valence-corrected chi connectivity index (χ3v) is 4.14. The summed E-state index contributed by atoms with van der Waals surface area (Å²) in [4.78, 5) is 28.5. The van der Waals surface area contributed by atoms with Crippen molar-refractivity contribution < 1.29 is 18.0 Å². The van der Waals surface area contributed by atoms with Gasteiger partial charge in [0.2, 0.25) is 5.91 Å². The Hall–Kier alpha value is -3.60. The van der Waals surface area contributed by atoms with E-state index in [9.17, 15) is 22.8 Å². The minimum atomic E-state index is -4.49. The monoisotopic (exact) mass is 399 g/mol. The van der Waals surface area contributed by atoms with Crippen LogP contribution in [0.25, 0.3) is 10.9 Å². The Morgan fingerprint density at radius 3 is 2.62 bits per heavy atom. The zero-order chi connectivity index (χ0) is 20.9. The molecule has 5 nitrogen and oxygen atoms in total. The van der Waals surface area contributed by atoms with E-state index in [4.69, 9.17) is 0 Å². The van der Waals surface area contributed by atoms with Gasteiger partial charge in [-0.3, -0.25) is 14.2 Å². The standard InChI is InChI=1S/C21H16F3N3O2/c22-21(23,24)17-9-3-1-6-15(17)7-5-12-25-19(28)11-13-27-14-26-18-10-4-2-8-16(18)20(27)29/h1-4,6,8-10,14H,11-13H2,(H,25,28). The Labute approximate surface area is 164 Å². The number of halogens is 3. The molecule has 148 valence electrons. The largest absolute Gasteiger partial charge is 0.417 e. The van der Waals surface area contributed by atoms with E-state index >= 15 is 0 Å². The molecule has 0 radical (unpaired) electrons. The minimum absolute atomic E-state index is 0.0146. The number of aryl methyl sites for hydroxylation is 1. The van der Waals surface area contributed by atoms with Crippen LogP contribution in [0.15, 0.2) is 59.7 Å². The molecule has 1 heterocycles. The second-order valence-electron chi connectivity index (χ2n) is 6.13. The van der Waals surface area contributed by atoms with E-state index in [0.717, 1.165) is 6.07 Å². The van der Waals surface area contributed by atoms with Gasteiger partial charge in [0, 0.05) is 18.5 Å². The van der Waals surface area contributed by atoms with Crippen molar-refractivity contribution in [3.8, 4) is 11.8 Å². The first-order valence-corrected chi connectivity index (χ1v) is 8.72. The lowest BCUT2D eigenvalue weighted by Gasteiger charge is -2.08. The van der Waals surface area contributed by atoms with E-state index in [1.54, 1.807) is 24.3 Å². The Morgan fingerprint density at radius 1 is 1.10 bits per heavy atom.